The first-order valence-corrected chi connectivity index (χ1v) is 6.07. The predicted octanol–water partition coefficient (Wildman–Crippen LogP) is 1.44. The normalized spacial score (nSPS) is 18.4. The van der Waals surface area contributed by atoms with E-state index in [4.69, 9.17) is 5.73 Å². The van der Waals surface area contributed by atoms with Crippen molar-refractivity contribution in [2.45, 2.75) is 31.2 Å². The lowest BCUT2D eigenvalue weighted by atomic mass is 9.75. The number of aromatic nitrogens is 1. The minimum Gasteiger partial charge on any atom is -0.329 e. The highest BCUT2D eigenvalue weighted by Gasteiger charge is 2.38. The van der Waals surface area contributed by atoms with Gasteiger partial charge in [-0.3, -0.25) is 9.88 Å². The molecule has 88 valence electrons. The lowest BCUT2D eigenvalue weighted by molar-refractivity contribution is 0.0473. The van der Waals surface area contributed by atoms with Crippen LogP contribution < -0.4 is 5.73 Å². The third-order valence-electron chi connectivity index (χ3n) is 3.96. The summed E-state index contributed by atoms with van der Waals surface area (Å²) in [5.74, 6) is 0. The molecule has 0 radical (unpaired) electrons. The van der Waals surface area contributed by atoms with Crippen LogP contribution in [0.3, 0.4) is 0 Å². The maximum absolute atomic E-state index is 5.89. The Balaban J connectivity index is 1.86. The number of nitrogens with zero attached hydrogens (tertiary/aromatic N) is 2. The summed E-state index contributed by atoms with van der Waals surface area (Å²) in [5.41, 5.74) is 7.54. The molecule has 0 spiro atoms. The molecule has 3 heteroatoms. The van der Waals surface area contributed by atoms with Gasteiger partial charge in [0.1, 0.15) is 0 Å². The molecule has 2 N–H and O–H groups in total. The molecule has 1 saturated carbocycles. The molecule has 0 saturated heterocycles. The first kappa shape index (κ1) is 11.6. The Morgan fingerprint density at radius 3 is 2.56 bits per heavy atom. The zero-order valence-corrected chi connectivity index (χ0v) is 10.0. The lowest BCUT2D eigenvalue weighted by Crippen LogP contribution is -2.57. The average molecular weight is 219 g/mol. The van der Waals surface area contributed by atoms with Crippen molar-refractivity contribution in [3.8, 4) is 0 Å². The van der Waals surface area contributed by atoms with Crippen LogP contribution in [0.1, 0.15) is 24.8 Å². The van der Waals surface area contributed by atoms with Crippen molar-refractivity contribution in [3.63, 3.8) is 0 Å². The monoisotopic (exact) mass is 219 g/mol. The van der Waals surface area contributed by atoms with E-state index in [0.717, 1.165) is 19.5 Å². The van der Waals surface area contributed by atoms with Crippen LogP contribution in [-0.4, -0.2) is 35.6 Å². The van der Waals surface area contributed by atoms with Crippen LogP contribution in [0.5, 0.6) is 0 Å². The van der Waals surface area contributed by atoms with Crippen LogP contribution in [0.2, 0.25) is 0 Å². The molecule has 1 aromatic heterocycles. The molecule has 0 atom stereocenters. The summed E-state index contributed by atoms with van der Waals surface area (Å²) in [4.78, 5) is 6.47. The largest absolute Gasteiger partial charge is 0.329 e. The van der Waals surface area contributed by atoms with E-state index in [2.05, 4.69) is 29.1 Å². The van der Waals surface area contributed by atoms with Gasteiger partial charge in [0, 0.05) is 31.0 Å². The molecule has 1 heterocycles. The zero-order chi connectivity index (χ0) is 11.4. The van der Waals surface area contributed by atoms with E-state index in [1.165, 1.54) is 24.8 Å². The van der Waals surface area contributed by atoms with E-state index < -0.39 is 0 Å². The van der Waals surface area contributed by atoms with Crippen molar-refractivity contribution < 1.29 is 0 Å². The van der Waals surface area contributed by atoms with Gasteiger partial charge in [-0.05, 0) is 50.4 Å². The number of hydrogen-bond donors (Lipinski definition) is 1. The number of nitrogens with two attached hydrogens (primary N) is 1. The first-order valence-electron chi connectivity index (χ1n) is 6.07. The van der Waals surface area contributed by atoms with Gasteiger partial charge >= 0.3 is 0 Å². The van der Waals surface area contributed by atoms with Crippen molar-refractivity contribution in [2.24, 2.45) is 5.73 Å². The average Bonchev–Trinajstić information content (AvgIpc) is 2.27. The molecule has 1 fully saturated rings. The van der Waals surface area contributed by atoms with Crippen molar-refractivity contribution in [3.05, 3.63) is 30.1 Å². The van der Waals surface area contributed by atoms with Crippen molar-refractivity contribution >= 4 is 0 Å². The topological polar surface area (TPSA) is 42.2 Å². The Morgan fingerprint density at radius 1 is 1.38 bits per heavy atom. The number of hydrogen-bond acceptors (Lipinski definition) is 3. The summed E-state index contributed by atoms with van der Waals surface area (Å²) < 4.78 is 0. The molecule has 1 aliphatic rings. The predicted molar refractivity (Wildman–Crippen MR) is 66.2 cm³/mol. The third-order valence-corrected chi connectivity index (χ3v) is 3.96. The maximum atomic E-state index is 5.89. The van der Waals surface area contributed by atoms with E-state index in [1.54, 1.807) is 0 Å². The van der Waals surface area contributed by atoms with E-state index in [9.17, 15) is 0 Å². The second-order valence-corrected chi connectivity index (χ2v) is 4.81. The van der Waals surface area contributed by atoms with Crippen molar-refractivity contribution in [2.75, 3.05) is 20.1 Å². The summed E-state index contributed by atoms with van der Waals surface area (Å²) in [6.07, 6.45) is 8.65. The van der Waals surface area contributed by atoms with E-state index in [-0.39, 0.29) is 0 Å². The van der Waals surface area contributed by atoms with Crippen LogP contribution in [0.25, 0.3) is 0 Å². The van der Waals surface area contributed by atoms with Gasteiger partial charge in [-0.15, -0.1) is 0 Å². The molecule has 0 aromatic carbocycles. The molecule has 16 heavy (non-hydrogen) atoms. The summed E-state index contributed by atoms with van der Waals surface area (Å²) in [6.45, 7) is 1.88. The molecule has 0 amide bonds. The van der Waals surface area contributed by atoms with Crippen LogP contribution in [0.4, 0.5) is 0 Å². The first-order chi connectivity index (χ1) is 7.77. The van der Waals surface area contributed by atoms with Crippen LogP contribution in [0, 0.1) is 0 Å². The Morgan fingerprint density at radius 2 is 2.06 bits per heavy atom. The molecule has 0 unspecified atom stereocenters. The minimum absolute atomic E-state index is 0.299. The summed E-state index contributed by atoms with van der Waals surface area (Å²) in [5, 5.41) is 0. The smallest absolute Gasteiger partial charge is 0.0328 e. The fourth-order valence-corrected chi connectivity index (χ4v) is 2.41. The van der Waals surface area contributed by atoms with Crippen molar-refractivity contribution in [1.29, 1.82) is 0 Å². The molecule has 0 aliphatic heterocycles. The Hall–Kier alpha value is -0.930. The maximum Gasteiger partial charge on any atom is 0.0328 e. The highest BCUT2D eigenvalue weighted by Crippen LogP contribution is 2.35. The van der Waals surface area contributed by atoms with Gasteiger partial charge in [0.15, 0.2) is 0 Å². The van der Waals surface area contributed by atoms with Crippen molar-refractivity contribution in [1.82, 2.24) is 9.88 Å². The van der Waals surface area contributed by atoms with Crippen LogP contribution >= 0.6 is 0 Å². The Kier molecular flexibility index (Phi) is 3.56. The van der Waals surface area contributed by atoms with E-state index in [0.29, 0.717) is 5.54 Å². The SMILES string of the molecule is CN(CCc1ccncc1)C1(CN)CCC1. The Labute approximate surface area is 97.7 Å². The fourth-order valence-electron chi connectivity index (χ4n) is 2.41. The van der Waals surface area contributed by atoms with Gasteiger partial charge in [-0.25, -0.2) is 0 Å². The minimum atomic E-state index is 0.299. The van der Waals surface area contributed by atoms with Gasteiger partial charge in [0.05, 0.1) is 0 Å². The number of rotatable bonds is 5. The Bertz CT molecular complexity index is 314. The third kappa shape index (κ3) is 2.25. The summed E-state index contributed by atoms with van der Waals surface area (Å²) >= 11 is 0. The summed E-state index contributed by atoms with van der Waals surface area (Å²) in [7, 11) is 2.20. The number of likely N-dealkylation sites (N-methyl/N-ethyl adjacent to an activating group) is 1. The second kappa shape index (κ2) is 4.93. The van der Waals surface area contributed by atoms with Gasteiger partial charge < -0.3 is 5.73 Å². The van der Waals surface area contributed by atoms with Gasteiger partial charge in [-0.1, -0.05) is 0 Å². The highest BCUT2D eigenvalue weighted by atomic mass is 15.2. The lowest BCUT2D eigenvalue weighted by Gasteiger charge is -2.48. The van der Waals surface area contributed by atoms with Gasteiger partial charge in [0.2, 0.25) is 0 Å². The number of pyridine rings is 1. The zero-order valence-electron chi connectivity index (χ0n) is 10.0. The quantitative estimate of drug-likeness (QED) is 0.814. The van der Waals surface area contributed by atoms with Crippen LogP contribution in [-0.2, 0) is 6.42 Å². The van der Waals surface area contributed by atoms with Gasteiger partial charge in [0.25, 0.3) is 0 Å². The molecule has 1 aliphatic carbocycles. The fraction of sp³-hybridized carbons (Fsp3) is 0.615. The van der Waals surface area contributed by atoms with E-state index >= 15 is 0 Å². The molecule has 0 bridgehead atoms. The molecule has 3 nitrogen and oxygen atoms in total. The van der Waals surface area contributed by atoms with E-state index in [1.807, 2.05) is 12.4 Å². The second-order valence-electron chi connectivity index (χ2n) is 4.81. The van der Waals surface area contributed by atoms with Crippen LogP contribution in [0.15, 0.2) is 24.5 Å². The van der Waals surface area contributed by atoms with Gasteiger partial charge in [-0.2, -0.15) is 0 Å². The molecular weight excluding hydrogens is 198 g/mol. The molecule has 2 rings (SSSR count). The summed E-state index contributed by atoms with van der Waals surface area (Å²) in [6, 6.07) is 4.17. The standard InChI is InChI=1S/C13H21N3/c1-16(13(11-14)6-2-7-13)10-5-12-3-8-15-9-4-12/h3-4,8-9H,2,5-7,10-11,14H2,1H3. The highest BCUT2D eigenvalue weighted by molar-refractivity contribution is 5.10. The molecule has 1 aromatic rings. The molecular formula is C13H21N3.